The molecular weight excluding hydrogens is 242 g/mol. The predicted octanol–water partition coefficient (Wildman–Crippen LogP) is 6.43. The van der Waals surface area contributed by atoms with Crippen molar-refractivity contribution < 1.29 is 0 Å². The number of H-pyrrole nitrogens is 1. The van der Waals surface area contributed by atoms with Crippen LogP contribution in [0.4, 0.5) is 0 Å². The fourth-order valence-electron chi connectivity index (χ4n) is 2.91. The van der Waals surface area contributed by atoms with Gasteiger partial charge >= 0.3 is 0 Å². The Kier molecular flexibility index (Phi) is 10.4. The molecule has 1 heteroatoms. The SMILES string of the molecule is CCCCCCCCCc1c[nH]cc1CCCCCC. The van der Waals surface area contributed by atoms with Gasteiger partial charge in [-0.2, -0.15) is 0 Å². The predicted molar refractivity (Wildman–Crippen MR) is 90.3 cm³/mol. The van der Waals surface area contributed by atoms with E-state index in [0.717, 1.165) is 0 Å². The van der Waals surface area contributed by atoms with Gasteiger partial charge in [0.1, 0.15) is 0 Å². The summed E-state index contributed by atoms with van der Waals surface area (Å²) in [5, 5.41) is 0. The number of unbranched alkanes of at least 4 members (excludes halogenated alkanes) is 9. The normalized spacial score (nSPS) is 11.1. The third-order valence-corrected chi connectivity index (χ3v) is 4.28. The Hall–Kier alpha value is -0.720. The minimum atomic E-state index is 1.27. The highest BCUT2D eigenvalue weighted by Crippen LogP contribution is 2.16. The Labute approximate surface area is 126 Å². The van der Waals surface area contributed by atoms with Gasteiger partial charge in [0.15, 0.2) is 0 Å². The molecule has 0 bridgehead atoms. The zero-order valence-corrected chi connectivity index (χ0v) is 13.8. The van der Waals surface area contributed by atoms with Crippen molar-refractivity contribution in [1.29, 1.82) is 0 Å². The molecule has 0 saturated heterocycles. The Morgan fingerprint density at radius 2 is 1.00 bits per heavy atom. The van der Waals surface area contributed by atoms with E-state index in [2.05, 4.69) is 31.2 Å². The molecule has 0 aromatic carbocycles. The summed E-state index contributed by atoms with van der Waals surface area (Å²) in [6.07, 6.45) is 22.3. The molecule has 0 atom stereocenters. The van der Waals surface area contributed by atoms with E-state index in [4.69, 9.17) is 0 Å². The van der Waals surface area contributed by atoms with Crippen molar-refractivity contribution >= 4 is 0 Å². The van der Waals surface area contributed by atoms with Gasteiger partial charge in [-0.3, -0.25) is 0 Å². The fourth-order valence-corrected chi connectivity index (χ4v) is 2.91. The lowest BCUT2D eigenvalue weighted by molar-refractivity contribution is 0.588. The maximum Gasteiger partial charge on any atom is 0.00401 e. The van der Waals surface area contributed by atoms with Gasteiger partial charge in [-0.1, -0.05) is 71.6 Å². The first-order valence-corrected chi connectivity index (χ1v) is 9.03. The number of aromatic amines is 1. The third-order valence-electron chi connectivity index (χ3n) is 4.28. The Morgan fingerprint density at radius 3 is 1.50 bits per heavy atom. The summed E-state index contributed by atoms with van der Waals surface area (Å²) in [6, 6.07) is 0. The van der Waals surface area contributed by atoms with Crippen molar-refractivity contribution in [2.45, 2.75) is 97.3 Å². The summed E-state index contributed by atoms with van der Waals surface area (Å²) in [5.74, 6) is 0. The average molecular weight is 277 g/mol. The number of rotatable bonds is 13. The summed E-state index contributed by atoms with van der Waals surface area (Å²) in [7, 11) is 0. The molecule has 1 aromatic heterocycles. The zero-order valence-electron chi connectivity index (χ0n) is 13.8. The molecule has 1 aromatic rings. The Balaban J connectivity index is 2.09. The highest BCUT2D eigenvalue weighted by molar-refractivity contribution is 5.23. The van der Waals surface area contributed by atoms with Crippen LogP contribution in [0.2, 0.25) is 0 Å². The maximum atomic E-state index is 3.31. The van der Waals surface area contributed by atoms with Gasteiger partial charge in [-0.15, -0.1) is 0 Å². The summed E-state index contributed by atoms with van der Waals surface area (Å²) >= 11 is 0. The van der Waals surface area contributed by atoms with Gasteiger partial charge in [0.25, 0.3) is 0 Å². The topological polar surface area (TPSA) is 15.8 Å². The van der Waals surface area contributed by atoms with Gasteiger partial charge in [0, 0.05) is 12.4 Å². The molecule has 0 saturated carbocycles. The monoisotopic (exact) mass is 277 g/mol. The Bertz CT molecular complexity index is 313. The van der Waals surface area contributed by atoms with Crippen LogP contribution in [0.3, 0.4) is 0 Å². The van der Waals surface area contributed by atoms with E-state index >= 15 is 0 Å². The second-order valence-electron chi connectivity index (χ2n) is 6.19. The first-order chi connectivity index (χ1) is 9.88. The van der Waals surface area contributed by atoms with Crippen molar-refractivity contribution in [3.05, 3.63) is 23.5 Å². The number of nitrogens with one attached hydrogen (secondary N) is 1. The Morgan fingerprint density at radius 1 is 0.600 bits per heavy atom. The van der Waals surface area contributed by atoms with Gasteiger partial charge in [-0.25, -0.2) is 0 Å². The average Bonchev–Trinajstić information content (AvgIpc) is 2.90. The molecule has 1 N–H and O–H groups in total. The fraction of sp³-hybridized carbons (Fsp3) is 0.789. The molecule has 20 heavy (non-hydrogen) atoms. The van der Waals surface area contributed by atoms with Crippen molar-refractivity contribution in [3.8, 4) is 0 Å². The number of aromatic nitrogens is 1. The lowest BCUT2D eigenvalue weighted by atomic mass is 10.0. The molecule has 0 spiro atoms. The molecule has 1 heterocycles. The molecule has 0 aliphatic heterocycles. The highest BCUT2D eigenvalue weighted by atomic mass is 14.6. The molecule has 1 nitrogen and oxygen atoms in total. The lowest BCUT2D eigenvalue weighted by Crippen LogP contribution is -1.91. The largest absolute Gasteiger partial charge is 0.367 e. The van der Waals surface area contributed by atoms with Crippen LogP contribution >= 0.6 is 0 Å². The van der Waals surface area contributed by atoms with Crippen LogP contribution in [0, 0.1) is 0 Å². The summed E-state index contributed by atoms with van der Waals surface area (Å²) in [4.78, 5) is 3.31. The van der Waals surface area contributed by atoms with E-state index < -0.39 is 0 Å². The van der Waals surface area contributed by atoms with Crippen LogP contribution in [0.15, 0.2) is 12.4 Å². The molecule has 0 aliphatic carbocycles. The van der Waals surface area contributed by atoms with Crippen molar-refractivity contribution in [1.82, 2.24) is 4.98 Å². The molecule has 0 aliphatic rings. The van der Waals surface area contributed by atoms with Crippen molar-refractivity contribution in [2.24, 2.45) is 0 Å². The molecule has 116 valence electrons. The van der Waals surface area contributed by atoms with E-state index in [-0.39, 0.29) is 0 Å². The number of hydrogen-bond donors (Lipinski definition) is 1. The van der Waals surface area contributed by atoms with Gasteiger partial charge < -0.3 is 4.98 Å². The van der Waals surface area contributed by atoms with E-state index in [0.29, 0.717) is 0 Å². The quantitative estimate of drug-likeness (QED) is 0.400. The highest BCUT2D eigenvalue weighted by Gasteiger charge is 2.03. The molecule has 0 amide bonds. The first-order valence-electron chi connectivity index (χ1n) is 9.03. The van der Waals surface area contributed by atoms with Crippen LogP contribution in [0.1, 0.15) is 95.6 Å². The van der Waals surface area contributed by atoms with Gasteiger partial charge in [0.2, 0.25) is 0 Å². The summed E-state index contributed by atoms with van der Waals surface area (Å²) < 4.78 is 0. The molecule has 1 rings (SSSR count). The standard InChI is InChI=1S/C19H35N/c1-3-5-7-9-10-11-13-15-19-17-20-16-18(19)14-12-8-6-4-2/h16-17,20H,3-15H2,1-2H3. The van der Waals surface area contributed by atoms with Crippen LogP contribution in [0.5, 0.6) is 0 Å². The van der Waals surface area contributed by atoms with Crippen LogP contribution < -0.4 is 0 Å². The second kappa shape index (κ2) is 12.1. The van der Waals surface area contributed by atoms with E-state index in [1.165, 1.54) is 83.5 Å². The first kappa shape index (κ1) is 17.3. The van der Waals surface area contributed by atoms with E-state index in [9.17, 15) is 0 Å². The lowest BCUT2D eigenvalue weighted by Gasteiger charge is -2.04. The van der Waals surface area contributed by atoms with Gasteiger partial charge in [0.05, 0.1) is 0 Å². The second-order valence-corrected chi connectivity index (χ2v) is 6.19. The van der Waals surface area contributed by atoms with E-state index in [1.807, 2.05) is 0 Å². The van der Waals surface area contributed by atoms with Crippen molar-refractivity contribution in [3.63, 3.8) is 0 Å². The number of hydrogen-bond acceptors (Lipinski definition) is 0. The maximum absolute atomic E-state index is 3.31. The molecule has 0 unspecified atom stereocenters. The smallest absolute Gasteiger partial charge is 0.00401 e. The van der Waals surface area contributed by atoms with E-state index in [1.54, 1.807) is 11.1 Å². The summed E-state index contributed by atoms with van der Waals surface area (Å²) in [5.41, 5.74) is 3.15. The summed E-state index contributed by atoms with van der Waals surface area (Å²) in [6.45, 7) is 4.57. The number of aryl methyl sites for hydroxylation is 2. The minimum Gasteiger partial charge on any atom is -0.367 e. The zero-order chi connectivity index (χ0) is 14.5. The molecule has 0 radical (unpaired) electrons. The van der Waals surface area contributed by atoms with Crippen LogP contribution in [-0.4, -0.2) is 4.98 Å². The minimum absolute atomic E-state index is 1.27. The third kappa shape index (κ3) is 7.77. The van der Waals surface area contributed by atoms with Crippen molar-refractivity contribution in [2.75, 3.05) is 0 Å². The van der Waals surface area contributed by atoms with Crippen LogP contribution in [-0.2, 0) is 12.8 Å². The molecule has 0 fully saturated rings. The van der Waals surface area contributed by atoms with Crippen LogP contribution in [0.25, 0.3) is 0 Å². The van der Waals surface area contributed by atoms with Gasteiger partial charge in [-0.05, 0) is 36.8 Å². The molecular formula is C19H35N.